The van der Waals surface area contributed by atoms with Crippen LogP contribution in [-0.4, -0.2) is 37.1 Å². The number of carboxylic acid groups (broad SMARTS) is 1. The summed E-state index contributed by atoms with van der Waals surface area (Å²) in [7, 11) is 0. The normalized spacial score (nSPS) is 11.2. The van der Waals surface area contributed by atoms with Crippen LogP contribution in [0.5, 0.6) is 0 Å². The molecule has 0 saturated heterocycles. The number of carbonyl (C=O) groups excluding carboxylic acids is 1. The van der Waals surface area contributed by atoms with E-state index in [2.05, 4.69) is 25.5 Å². The van der Waals surface area contributed by atoms with Gasteiger partial charge in [0.2, 0.25) is 0 Å². The Morgan fingerprint density at radius 3 is 2.61 bits per heavy atom. The molecule has 9 heteroatoms. The zero-order valence-corrected chi connectivity index (χ0v) is 16.0. The molecule has 0 aliphatic rings. The van der Waals surface area contributed by atoms with Crippen LogP contribution < -0.4 is 10.9 Å². The van der Waals surface area contributed by atoms with E-state index in [1.165, 1.54) is 6.20 Å². The van der Waals surface area contributed by atoms with Crippen LogP contribution in [0.4, 0.5) is 0 Å². The van der Waals surface area contributed by atoms with Crippen molar-refractivity contribution in [2.75, 3.05) is 0 Å². The molecule has 3 aromatic heterocycles. The highest BCUT2D eigenvalue weighted by Gasteiger charge is 2.26. The van der Waals surface area contributed by atoms with Gasteiger partial charge in [0.15, 0.2) is 11.3 Å². The van der Waals surface area contributed by atoms with Gasteiger partial charge in [-0.25, -0.2) is 9.78 Å². The minimum atomic E-state index is -1.22. The van der Waals surface area contributed by atoms with Crippen LogP contribution in [-0.2, 0) is 6.54 Å². The second-order valence-corrected chi connectivity index (χ2v) is 6.97. The van der Waals surface area contributed by atoms with E-state index in [9.17, 15) is 19.5 Å². The monoisotopic (exact) mass is 383 g/mol. The third-order valence-corrected chi connectivity index (χ3v) is 4.56. The highest BCUT2D eigenvalue weighted by molar-refractivity contribution is 6.09. The van der Waals surface area contributed by atoms with E-state index in [0.717, 1.165) is 11.3 Å². The third-order valence-electron chi connectivity index (χ3n) is 4.56. The molecule has 28 heavy (non-hydrogen) atoms. The smallest absolute Gasteiger partial charge is 0.354 e. The van der Waals surface area contributed by atoms with Crippen LogP contribution in [0.25, 0.3) is 11.0 Å². The van der Waals surface area contributed by atoms with Crippen LogP contribution in [0, 0.1) is 13.8 Å². The number of aromatic nitrogens is 4. The van der Waals surface area contributed by atoms with Gasteiger partial charge in [0.1, 0.15) is 0 Å². The number of carboxylic acids is 1. The Hall–Kier alpha value is -3.49. The predicted octanol–water partition coefficient (Wildman–Crippen LogP) is 2.01. The van der Waals surface area contributed by atoms with Crippen molar-refractivity contribution in [3.8, 4) is 0 Å². The first-order valence-electron chi connectivity index (χ1n) is 8.78. The first kappa shape index (κ1) is 19.3. The lowest BCUT2D eigenvalue weighted by Gasteiger charge is -2.16. The summed E-state index contributed by atoms with van der Waals surface area (Å²) in [5.41, 5.74) is 2.23. The maximum atomic E-state index is 13.0. The fourth-order valence-corrected chi connectivity index (χ4v) is 3.31. The molecule has 0 fully saturated rings. The topological polar surface area (TPSA) is 141 Å². The highest BCUT2D eigenvalue weighted by atomic mass is 16.4. The van der Waals surface area contributed by atoms with Crippen LogP contribution in [0.3, 0.4) is 0 Å². The average molecular weight is 383 g/mol. The van der Waals surface area contributed by atoms with Gasteiger partial charge in [-0.3, -0.25) is 14.7 Å². The number of nitrogens with one attached hydrogen (secondary N) is 3. The van der Waals surface area contributed by atoms with E-state index < -0.39 is 11.9 Å². The van der Waals surface area contributed by atoms with Gasteiger partial charge in [0, 0.05) is 23.4 Å². The highest BCUT2D eigenvalue weighted by Crippen LogP contribution is 2.28. The third kappa shape index (κ3) is 3.38. The summed E-state index contributed by atoms with van der Waals surface area (Å²) in [4.78, 5) is 43.7. The van der Waals surface area contributed by atoms with E-state index >= 15 is 0 Å². The molecule has 0 aliphatic heterocycles. The number of aryl methyl sites for hydroxylation is 2. The molecule has 0 unspecified atom stereocenters. The van der Waals surface area contributed by atoms with Crippen LogP contribution >= 0.6 is 0 Å². The second-order valence-electron chi connectivity index (χ2n) is 6.97. The molecule has 3 heterocycles. The molecule has 0 aromatic carbocycles. The minimum absolute atomic E-state index is 0.0158. The number of fused-ring (bicyclic) bond motifs is 1. The Bertz CT molecular complexity index is 1140. The number of amides is 1. The van der Waals surface area contributed by atoms with E-state index in [4.69, 9.17) is 0 Å². The molecule has 0 saturated carbocycles. The number of rotatable bonds is 5. The molecule has 0 spiro atoms. The van der Waals surface area contributed by atoms with Crippen molar-refractivity contribution in [2.24, 2.45) is 0 Å². The molecule has 3 aromatic rings. The predicted molar refractivity (Wildman–Crippen MR) is 103 cm³/mol. The lowest BCUT2D eigenvalue weighted by Crippen LogP contribution is -2.29. The molecule has 146 valence electrons. The van der Waals surface area contributed by atoms with E-state index in [1.54, 1.807) is 27.7 Å². The van der Waals surface area contributed by atoms with Crippen molar-refractivity contribution in [1.82, 2.24) is 25.5 Å². The van der Waals surface area contributed by atoms with E-state index in [0.29, 0.717) is 16.5 Å². The van der Waals surface area contributed by atoms with Crippen molar-refractivity contribution in [1.29, 1.82) is 0 Å². The molecule has 0 radical (unpaired) electrons. The summed E-state index contributed by atoms with van der Waals surface area (Å²) in [6.45, 7) is 7.18. The van der Waals surface area contributed by atoms with Crippen LogP contribution in [0.1, 0.15) is 63.0 Å². The van der Waals surface area contributed by atoms with E-state index in [1.807, 2.05) is 6.07 Å². The number of hydrogen-bond donors (Lipinski definition) is 4. The molecule has 0 aliphatic carbocycles. The van der Waals surface area contributed by atoms with Gasteiger partial charge in [0.25, 0.3) is 11.5 Å². The molecular formula is C19H21N5O4. The second kappa shape index (κ2) is 7.26. The molecular weight excluding hydrogens is 362 g/mol. The van der Waals surface area contributed by atoms with Gasteiger partial charge < -0.3 is 15.4 Å². The maximum absolute atomic E-state index is 13.0. The Balaban J connectivity index is 2.06. The first-order chi connectivity index (χ1) is 13.2. The number of pyridine rings is 2. The zero-order chi connectivity index (χ0) is 20.6. The Morgan fingerprint density at radius 2 is 2.00 bits per heavy atom. The fourth-order valence-electron chi connectivity index (χ4n) is 3.31. The summed E-state index contributed by atoms with van der Waals surface area (Å²) < 4.78 is 0. The van der Waals surface area contributed by atoms with Crippen LogP contribution in [0.15, 0.2) is 17.1 Å². The number of aromatic carboxylic acids is 1. The molecule has 4 N–H and O–H groups in total. The Morgan fingerprint density at radius 1 is 1.29 bits per heavy atom. The summed E-state index contributed by atoms with van der Waals surface area (Å²) in [5, 5.41) is 19.2. The van der Waals surface area contributed by atoms with Gasteiger partial charge in [-0.1, -0.05) is 13.8 Å². The minimum Gasteiger partial charge on any atom is -0.477 e. The van der Waals surface area contributed by atoms with Crippen molar-refractivity contribution in [3.63, 3.8) is 0 Å². The summed E-state index contributed by atoms with van der Waals surface area (Å²) in [6.07, 6.45) is 1.44. The lowest BCUT2D eigenvalue weighted by molar-refractivity contribution is 0.0689. The summed E-state index contributed by atoms with van der Waals surface area (Å²) in [5.74, 6) is -1.97. The fraction of sp³-hybridized carbons (Fsp3) is 0.316. The number of hydrogen-bond acceptors (Lipinski definition) is 5. The van der Waals surface area contributed by atoms with Crippen molar-refractivity contribution in [2.45, 2.75) is 40.2 Å². The summed E-state index contributed by atoms with van der Waals surface area (Å²) >= 11 is 0. The van der Waals surface area contributed by atoms with Crippen LogP contribution in [0.2, 0.25) is 0 Å². The SMILES string of the molecule is Cc1cc(C)c(CNC(=O)c2c(C(C)C)c(C(=O)O)nc3[nH]ncc23)c(=O)[nH]1. The number of carbonyl (C=O) groups is 2. The quantitative estimate of drug-likeness (QED) is 0.531. The molecule has 0 atom stereocenters. The average Bonchev–Trinajstić information content (AvgIpc) is 3.06. The van der Waals surface area contributed by atoms with Gasteiger partial charge in [0.05, 0.1) is 17.1 Å². The van der Waals surface area contributed by atoms with Crippen molar-refractivity contribution >= 4 is 22.9 Å². The Kier molecular flexibility index (Phi) is 5.00. The standard InChI is InChI=1S/C19H21N5O4/c1-8(2)13-14(12-7-21-24-16(12)23-15(13)19(27)28)18(26)20-6-11-9(3)5-10(4)22-17(11)25/h5,7-8H,6H2,1-4H3,(H,20,26)(H,22,25)(H,27,28)(H,21,23,24). The maximum Gasteiger partial charge on any atom is 0.354 e. The van der Waals surface area contributed by atoms with Gasteiger partial charge >= 0.3 is 5.97 Å². The number of nitrogens with zero attached hydrogens (tertiary/aromatic N) is 2. The number of H-pyrrole nitrogens is 2. The van der Waals surface area contributed by atoms with Crippen molar-refractivity contribution in [3.05, 3.63) is 56.3 Å². The lowest BCUT2D eigenvalue weighted by atomic mass is 9.93. The summed E-state index contributed by atoms with van der Waals surface area (Å²) in [6, 6.07) is 1.83. The van der Waals surface area contributed by atoms with Gasteiger partial charge in [-0.15, -0.1) is 0 Å². The molecule has 3 rings (SSSR count). The van der Waals surface area contributed by atoms with Crippen molar-refractivity contribution < 1.29 is 14.7 Å². The first-order valence-corrected chi connectivity index (χ1v) is 8.78. The molecule has 1 amide bonds. The van der Waals surface area contributed by atoms with Gasteiger partial charge in [-0.2, -0.15) is 5.10 Å². The largest absolute Gasteiger partial charge is 0.477 e. The molecule has 9 nitrogen and oxygen atoms in total. The van der Waals surface area contributed by atoms with E-state index in [-0.39, 0.29) is 34.9 Å². The Labute approximate surface area is 160 Å². The zero-order valence-electron chi connectivity index (χ0n) is 16.0. The van der Waals surface area contributed by atoms with Gasteiger partial charge in [-0.05, 0) is 31.4 Å². The molecule has 0 bridgehead atoms. The number of aromatic amines is 2.